The van der Waals surface area contributed by atoms with Crippen LogP contribution in [0.15, 0.2) is 16.8 Å². The first-order chi connectivity index (χ1) is 5.65. The van der Waals surface area contributed by atoms with E-state index in [1.54, 1.807) is 7.05 Å². The second kappa shape index (κ2) is 3.38. The van der Waals surface area contributed by atoms with Crippen molar-refractivity contribution in [2.24, 2.45) is 16.6 Å². The number of nitrogens with zero attached hydrogens (tertiary/aromatic N) is 1. The molecule has 66 valence electrons. The Labute approximate surface area is 70.8 Å². The first kappa shape index (κ1) is 8.77. The first-order valence-corrected chi connectivity index (χ1v) is 3.82. The van der Waals surface area contributed by atoms with Gasteiger partial charge in [-0.05, 0) is 18.9 Å². The number of hydrogen-bond donors (Lipinski definition) is 2. The van der Waals surface area contributed by atoms with Gasteiger partial charge in [-0.3, -0.25) is 4.99 Å². The molecule has 1 rings (SSSR count). The minimum absolute atomic E-state index is 0.137. The number of hydrogen-bond acceptors (Lipinski definition) is 3. The van der Waals surface area contributed by atoms with Gasteiger partial charge in [0, 0.05) is 18.7 Å². The van der Waals surface area contributed by atoms with E-state index in [1.807, 2.05) is 0 Å². The van der Waals surface area contributed by atoms with Gasteiger partial charge in [0.05, 0.1) is 0 Å². The Kier molecular flexibility index (Phi) is 2.47. The molecule has 0 atom stereocenters. The van der Waals surface area contributed by atoms with Crippen molar-refractivity contribution in [2.75, 3.05) is 7.05 Å². The van der Waals surface area contributed by atoms with Crippen molar-refractivity contribution in [3.63, 3.8) is 0 Å². The van der Waals surface area contributed by atoms with E-state index in [2.05, 4.69) is 4.99 Å². The molecule has 0 unspecified atom stereocenters. The minimum atomic E-state index is -1.09. The van der Waals surface area contributed by atoms with Crippen LogP contribution in [0.3, 0.4) is 0 Å². The van der Waals surface area contributed by atoms with Gasteiger partial charge in [-0.2, -0.15) is 0 Å². The fourth-order valence-corrected chi connectivity index (χ4v) is 0.965. The van der Waals surface area contributed by atoms with Gasteiger partial charge in [0.1, 0.15) is 5.70 Å². The van der Waals surface area contributed by atoms with Gasteiger partial charge < -0.3 is 10.8 Å². The van der Waals surface area contributed by atoms with Crippen LogP contribution in [0.1, 0.15) is 12.8 Å². The third kappa shape index (κ3) is 2.08. The predicted molar refractivity (Wildman–Crippen MR) is 46.0 cm³/mol. The molecule has 0 aromatic carbocycles. The summed E-state index contributed by atoms with van der Waals surface area (Å²) in [4.78, 5) is 14.3. The van der Waals surface area contributed by atoms with E-state index in [9.17, 15) is 4.79 Å². The van der Waals surface area contributed by atoms with Crippen molar-refractivity contribution in [3.8, 4) is 0 Å². The summed E-state index contributed by atoms with van der Waals surface area (Å²) in [7, 11) is 1.65. The molecular formula is C8H12N2O2. The van der Waals surface area contributed by atoms with E-state index >= 15 is 0 Å². The van der Waals surface area contributed by atoms with Crippen LogP contribution in [-0.4, -0.2) is 23.8 Å². The summed E-state index contributed by atoms with van der Waals surface area (Å²) in [6, 6.07) is 0. The lowest BCUT2D eigenvalue weighted by atomic mass is 10.2. The lowest BCUT2D eigenvalue weighted by Gasteiger charge is -1.96. The molecule has 0 heterocycles. The van der Waals surface area contributed by atoms with Crippen molar-refractivity contribution in [2.45, 2.75) is 12.8 Å². The van der Waals surface area contributed by atoms with E-state index in [-0.39, 0.29) is 5.70 Å². The smallest absolute Gasteiger partial charge is 0.351 e. The van der Waals surface area contributed by atoms with Crippen LogP contribution in [0.2, 0.25) is 0 Å². The summed E-state index contributed by atoms with van der Waals surface area (Å²) in [5, 5.41) is 8.48. The molecular weight excluding hydrogens is 156 g/mol. The van der Waals surface area contributed by atoms with E-state index in [0.29, 0.717) is 5.92 Å². The van der Waals surface area contributed by atoms with Crippen molar-refractivity contribution in [3.05, 3.63) is 11.8 Å². The molecule has 1 aliphatic carbocycles. The van der Waals surface area contributed by atoms with Crippen LogP contribution in [0, 0.1) is 5.92 Å². The van der Waals surface area contributed by atoms with Crippen LogP contribution >= 0.6 is 0 Å². The normalized spacial score (nSPS) is 19.4. The maximum atomic E-state index is 10.3. The number of allylic oxidation sites excluding steroid dienone is 1. The Balaban J connectivity index is 2.68. The lowest BCUT2D eigenvalue weighted by Crippen LogP contribution is -2.12. The highest BCUT2D eigenvalue weighted by Gasteiger charge is 2.26. The number of nitrogens with two attached hydrogens (primary N) is 1. The fourth-order valence-electron chi connectivity index (χ4n) is 0.965. The highest BCUT2D eigenvalue weighted by molar-refractivity contribution is 6.03. The van der Waals surface area contributed by atoms with Crippen molar-refractivity contribution in [1.82, 2.24) is 0 Å². The Morgan fingerprint density at radius 2 is 2.25 bits per heavy atom. The second-order valence-corrected chi connectivity index (χ2v) is 2.83. The third-order valence-corrected chi connectivity index (χ3v) is 1.80. The fraction of sp³-hybridized carbons (Fsp3) is 0.500. The molecule has 12 heavy (non-hydrogen) atoms. The molecule has 0 aliphatic heterocycles. The predicted octanol–water partition coefficient (Wildman–Crippen LogP) is 0.394. The molecule has 1 aliphatic rings. The minimum Gasteiger partial charge on any atom is -0.477 e. The quantitative estimate of drug-likeness (QED) is 0.473. The second-order valence-electron chi connectivity index (χ2n) is 2.83. The molecule has 0 bridgehead atoms. The third-order valence-electron chi connectivity index (χ3n) is 1.80. The molecule has 0 saturated heterocycles. The number of aliphatic imine (C=N–C) groups is 1. The van der Waals surface area contributed by atoms with Crippen molar-refractivity contribution in [1.29, 1.82) is 0 Å². The van der Waals surface area contributed by atoms with Gasteiger partial charge in [0.15, 0.2) is 0 Å². The van der Waals surface area contributed by atoms with Gasteiger partial charge in [-0.1, -0.05) is 0 Å². The Bertz CT molecular complexity index is 252. The molecule has 0 aromatic heterocycles. The maximum Gasteiger partial charge on any atom is 0.351 e. The Hall–Kier alpha value is -1.32. The summed E-state index contributed by atoms with van der Waals surface area (Å²) in [6.45, 7) is 0. The van der Waals surface area contributed by atoms with Crippen LogP contribution in [0.4, 0.5) is 0 Å². The molecule has 1 saturated carbocycles. The number of rotatable bonds is 3. The van der Waals surface area contributed by atoms with E-state index in [1.165, 1.54) is 6.08 Å². The molecule has 4 nitrogen and oxygen atoms in total. The average molecular weight is 168 g/mol. The summed E-state index contributed by atoms with van der Waals surface area (Å²) >= 11 is 0. The summed E-state index contributed by atoms with van der Waals surface area (Å²) < 4.78 is 0. The highest BCUT2D eigenvalue weighted by Crippen LogP contribution is 2.31. The lowest BCUT2D eigenvalue weighted by molar-refractivity contribution is -0.132. The number of carboxylic acids is 1. The zero-order valence-electron chi connectivity index (χ0n) is 6.95. The number of carboxylic acid groups (broad SMARTS) is 1. The average Bonchev–Trinajstić information content (AvgIpc) is 2.82. The van der Waals surface area contributed by atoms with Gasteiger partial charge in [-0.25, -0.2) is 4.79 Å². The van der Waals surface area contributed by atoms with E-state index < -0.39 is 5.97 Å². The topological polar surface area (TPSA) is 75.7 Å². The van der Waals surface area contributed by atoms with Crippen LogP contribution in [-0.2, 0) is 4.79 Å². The van der Waals surface area contributed by atoms with E-state index in [0.717, 1.165) is 18.6 Å². The molecule has 3 N–H and O–H groups in total. The molecule has 0 spiro atoms. The largest absolute Gasteiger partial charge is 0.477 e. The standard InChI is InChI=1S/C8H12N2O2/c1-10-7(5-2-3-5)4-6(9)8(11)12/h4-5H,2-3,9H2,1H3,(H,11,12). The SMILES string of the molecule is CN=C(C=C(N)C(=O)O)C1CC1. The van der Waals surface area contributed by atoms with Crippen LogP contribution in [0.25, 0.3) is 0 Å². The maximum absolute atomic E-state index is 10.3. The molecule has 1 fully saturated rings. The van der Waals surface area contributed by atoms with Crippen molar-refractivity contribution < 1.29 is 9.90 Å². The van der Waals surface area contributed by atoms with Crippen molar-refractivity contribution >= 4 is 11.7 Å². The Morgan fingerprint density at radius 1 is 1.67 bits per heavy atom. The number of aliphatic carboxylic acids is 1. The summed E-state index contributed by atoms with van der Waals surface area (Å²) in [5.41, 5.74) is 5.90. The zero-order valence-corrected chi connectivity index (χ0v) is 6.95. The molecule has 0 radical (unpaired) electrons. The monoisotopic (exact) mass is 168 g/mol. The Morgan fingerprint density at radius 3 is 2.58 bits per heavy atom. The van der Waals surface area contributed by atoms with E-state index in [4.69, 9.17) is 10.8 Å². The van der Waals surface area contributed by atoms with Gasteiger partial charge in [0.2, 0.25) is 0 Å². The van der Waals surface area contributed by atoms with Gasteiger partial charge in [0.25, 0.3) is 0 Å². The van der Waals surface area contributed by atoms with Gasteiger partial charge >= 0.3 is 5.97 Å². The molecule has 0 aromatic rings. The summed E-state index contributed by atoms with van der Waals surface area (Å²) in [6.07, 6.45) is 3.63. The first-order valence-electron chi connectivity index (χ1n) is 3.82. The highest BCUT2D eigenvalue weighted by atomic mass is 16.4. The molecule has 4 heteroatoms. The molecule has 0 amide bonds. The van der Waals surface area contributed by atoms with Gasteiger partial charge in [-0.15, -0.1) is 0 Å². The zero-order chi connectivity index (χ0) is 9.14. The number of carbonyl (C=O) groups is 1. The van der Waals surface area contributed by atoms with Crippen LogP contribution in [0.5, 0.6) is 0 Å². The summed E-state index contributed by atoms with van der Waals surface area (Å²) in [5.74, 6) is -0.648. The van der Waals surface area contributed by atoms with Crippen LogP contribution < -0.4 is 5.73 Å².